The number of rotatable bonds is 6. The van der Waals surface area contributed by atoms with E-state index in [2.05, 4.69) is 6.58 Å². The van der Waals surface area contributed by atoms with E-state index < -0.39 is 5.60 Å². The molecule has 5 nitrogen and oxygen atoms in total. The van der Waals surface area contributed by atoms with Gasteiger partial charge in [0.05, 0.1) is 7.11 Å². The van der Waals surface area contributed by atoms with Crippen molar-refractivity contribution in [2.24, 2.45) is 0 Å². The van der Waals surface area contributed by atoms with Gasteiger partial charge in [0, 0.05) is 18.8 Å². The first-order valence-corrected chi connectivity index (χ1v) is 8.30. The van der Waals surface area contributed by atoms with Crippen molar-refractivity contribution in [2.45, 2.75) is 18.9 Å². The monoisotopic (exact) mass is 354 g/mol. The number of ketones is 1. The Labute approximate surface area is 153 Å². The van der Waals surface area contributed by atoms with Crippen molar-refractivity contribution in [1.29, 1.82) is 0 Å². The minimum absolute atomic E-state index is 0.0923. The molecule has 0 radical (unpaired) electrons. The Morgan fingerprint density at radius 1 is 1.31 bits per heavy atom. The molecule has 136 valence electrons. The van der Waals surface area contributed by atoms with E-state index in [9.17, 15) is 4.79 Å². The Morgan fingerprint density at radius 3 is 2.77 bits per heavy atom. The van der Waals surface area contributed by atoms with Gasteiger partial charge < -0.3 is 18.9 Å². The van der Waals surface area contributed by atoms with Crippen molar-refractivity contribution in [3.63, 3.8) is 0 Å². The maximum Gasteiger partial charge on any atom is 0.231 e. The molecule has 1 heterocycles. The van der Waals surface area contributed by atoms with E-state index in [-0.39, 0.29) is 12.6 Å². The molecule has 0 spiro atoms. The molecule has 1 atom stereocenters. The summed E-state index contributed by atoms with van der Waals surface area (Å²) in [7, 11) is 3.13. The number of hydrogen-bond acceptors (Lipinski definition) is 5. The summed E-state index contributed by atoms with van der Waals surface area (Å²) in [6.07, 6.45) is 7.45. The van der Waals surface area contributed by atoms with Crippen LogP contribution in [0.4, 0.5) is 0 Å². The molecule has 26 heavy (non-hydrogen) atoms. The van der Waals surface area contributed by atoms with Gasteiger partial charge in [0.15, 0.2) is 22.9 Å². The molecular weight excluding hydrogens is 332 g/mol. The largest absolute Gasteiger partial charge is 0.497 e. The van der Waals surface area contributed by atoms with Crippen LogP contribution in [-0.4, -0.2) is 32.4 Å². The van der Waals surface area contributed by atoms with E-state index in [1.54, 1.807) is 13.2 Å². The van der Waals surface area contributed by atoms with E-state index in [1.165, 1.54) is 13.2 Å². The zero-order valence-corrected chi connectivity index (χ0v) is 15.2. The minimum atomic E-state index is -0.947. The topological polar surface area (TPSA) is 54.0 Å². The molecule has 1 aliphatic carbocycles. The van der Waals surface area contributed by atoms with Crippen molar-refractivity contribution in [3.8, 4) is 11.5 Å². The quantitative estimate of drug-likeness (QED) is 0.727. The number of methoxy groups -OCH3 is 2. The highest BCUT2D eigenvalue weighted by molar-refractivity contribution is 6.06. The Balaban J connectivity index is 2.05. The van der Waals surface area contributed by atoms with E-state index in [0.29, 0.717) is 23.5 Å². The number of ether oxygens (including phenoxy) is 4. The van der Waals surface area contributed by atoms with E-state index in [0.717, 1.165) is 16.9 Å². The molecule has 0 aromatic heterocycles. The van der Waals surface area contributed by atoms with Gasteiger partial charge in [-0.1, -0.05) is 18.2 Å². The second-order valence-corrected chi connectivity index (χ2v) is 6.12. The molecule has 0 saturated heterocycles. The average Bonchev–Trinajstić information content (AvgIpc) is 3.11. The number of fused-ring (bicyclic) bond motifs is 1. The predicted octanol–water partition coefficient (Wildman–Crippen LogP) is 3.82. The summed E-state index contributed by atoms with van der Waals surface area (Å²) in [5, 5.41) is 0. The number of hydrogen-bond donors (Lipinski definition) is 0. The van der Waals surface area contributed by atoms with Crippen LogP contribution in [0.25, 0.3) is 6.08 Å². The number of allylic oxidation sites excluding steroid dienone is 3. The van der Waals surface area contributed by atoms with Gasteiger partial charge in [0.2, 0.25) is 6.79 Å². The Hall–Kier alpha value is -2.79. The van der Waals surface area contributed by atoms with Gasteiger partial charge in [-0.2, -0.15) is 0 Å². The van der Waals surface area contributed by atoms with Gasteiger partial charge in [-0.15, -0.1) is 6.58 Å². The smallest absolute Gasteiger partial charge is 0.231 e. The van der Waals surface area contributed by atoms with Crippen molar-refractivity contribution < 1.29 is 23.7 Å². The number of carbonyl (C=O) groups is 1. The number of benzene rings is 1. The van der Waals surface area contributed by atoms with Crippen molar-refractivity contribution in [3.05, 3.63) is 65.5 Å². The molecule has 5 heteroatoms. The first-order valence-electron chi connectivity index (χ1n) is 8.30. The molecule has 3 rings (SSSR count). The van der Waals surface area contributed by atoms with E-state index >= 15 is 0 Å². The summed E-state index contributed by atoms with van der Waals surface area (Å²) in [5.41, 5.74) is 1.49. The molecule has 0 bridgehead atoms. The molecule has 1 unspecified atom stereocenters. The van der Waals surface area contributed by atoms with Gasteiger partial charge in [0.25, 0.3) is 0 Å². The van der Waals surface area contributed by atoms with Crippen LogP contribution in [0.15, 0.2) is 59.9 Å². The molecule has 1 aromatic rings. The molecular formula is C21H22O5. The minimum Gasteiger partial charge on any atom is -0.497 e. The average molecular weight is 354 g/mol. The third-order valence-corrected chi connectivity index (χ3v) is 4.59. The zero-order valence-electron chi connectivity index (χ0n) is 15.2. The van der Waals surface area contributed by atoms with E-state index in [1.807, 2.05) is 37.3 Å². The highest BCUT2D eigenvalue weighted by Gasteiger charge is 2.40. The third-order valence-electron chi connectivity index (χ3n) is 4.59. The fraction of sp³-hybridized carbons (Fsp3) is 0.286. The van der Waals surface area contributed by atoms with Gasteiger partial charge in [-0.25, -0.2) is 0 Å². The standard InChI is InChI=1S/C21H22O5/c1-5-6-16-12-21(24-4,20(23-3)11-17(16)22)14(2)9-15-7-8-18-19(10-15)26-13-25-18/h5,7-12H,1,6,13H2,2-4H3/b14-9-. The SMILES string of the molecule is C=CCC1=CC(OC)(/C(C)=C\c2ccc3c(c2)OCO3)C(OC)=CC1=O. The summed E-state index contributed by atoms with van der Waals surface area (Å²) in [4.78, 5) is 12.3. The Bertz CT molecular complexity index is 831. The molecule has 1 aliphatic heterocycles. The van der Waals surface area contributed by atoms with Crippen molar-refractivity contribution in [2.75, 3.05) is 21.0 Å². The summed E-state index contributed by atoms with van der Waals surface area (Å²) >= 11 is 0. The molecule has 0 N–H and O–H groups in total. The van der Waals surface area contributed by atoms with Crippen LogP contribution in [0, 0.1) is 0 Å². The molecule has 0 amide bonds. The van der Waals surface area contributed by atoms with Crippen LogP contribution in [0.5, 0.6) is 11.5 Å². The lowest BCUT2D eigenvalue weighted by atomic mass is 9.82. The summed E-state index contributed by atoms with van der Waals surface area (Å²) in [6.45, 7) is 5.90. The summed E-state index contributed by atoms with van der Waals surface area (Å²) in [6, 6.07) is 5.73. The van der Waals surface area contributed by atoms with Crippen molar-refractivity contribution in [1.82, 2.24) is 0 Å². The van der Waals surface area contributed by atoms with Crippen LogP contribution in [0.1, 0.15) is 18.9 Å². The second kappa shape index (κ2) is 7.22. The fourth-order valence-electron chi connectivity index (χ4n) is 3.22. The van der Waals surface area contributed by atoms with E-state index in [4.69, 9.17) is 18.9 Å². The van der Waals surface area contributed by atoms with Crippen LogP contribution < -0.4 is 9.47 Å². The lowest BCUT2D eigenvalue weighted by Gasteiger charge is -2.35. The lowest BCUT2D eigenvalue weighted by Crippen LogP contribution is -2.37. The van der Waals surface area contributed by atoms with Gasteiger partial charge in [-0.05, 0) is 42.7 Å². The zero-order chi connectivity index (χ0) is 18.7. The maximum atomic E-state index is 12.3. The molecule has 0 saturated carbocycles. The Kier molecular flexibility index (Phi) is 5.00. The predicted molar refractivity (Wildman–Crippen MR) is 99.0 cm³/mol. The lowest BCUT2D eigenvalue weighted by molar-refractivity contribution is -0.112. The number of carbonyl (C=O) groups excluding carboxylic acids is 1. The van der Waals surface area contributed by atoms with Crippen LogP contribution in [-0.2, 0) is 14.3 Å². The van der Waals surface area contributed by atoms with Gasteiger partial charge in [-0.3, -0.25) is 4.79 Å². The maximum absolute atomic E-state index is 12.3. The van der Waals surface area contributed by atoms with Gasteiger partial charge >= 0.3 is 0 Å². The van der Waals surface area contributed by atoms with Crippen LogP contribution in [0.2, 0.25) is 0 Å². The normalized spacial score (nSPS) is 22.0. The highest BCUT2D eigenvalue weighted by atomic mass is 16.7. The third kappa shape index (κ3) is 3.06. The first kappa shape index (κ1) is 18.0. The fourth-order valence-corrected chi connectivity index (χ4v) is 3.22. The Morgan fingerprint density at radius 2 is 2.08 bits per heavy atom. The summed E-state index contributed by atoms with van der Waals surface area (Å²) < 4.78 is 22.1. The van der Waals surface area contributed by atoms with Crippen molar-refractivity contribution >= 4 is 11.9 Å². The summed E-state index contributed by atoms with van der Waals surface area (Å²) in [5.74, 6) is 1.80. The van der Waals surface area contributed by atoms with Crippen LogP contribution in [0.3, 0.4) is 0 Å². The molecule has 0 fully saturated rings. The van der Waals surface area contributed by atoms with Gasteiger partial charge in [0.1, 0.15) is 5.76 Å². The highest BCUT2D eigenvalue weighted by Crippen LogP contribution is 2.39. The molecule has 2 aliphatic rings. The second-order valence-electron chi connectivity index (χ2n) is 6.12. The van der Waals surface area contributed by atoms with Crippen LogP contribution >= 0.6 is 0 Å². The molecule has 1 aromatic carbocycles. The first-order chi connectivity index (χ1) is 12.5.